The summed E-state index contributed by atoms with van der Waals surface area (Å²) >= 11 is 0. The van der Waals surface area contributed by atoms with Crippen LogP contribution in [0.5, 0.6) is 0 Å². The Kier molecular flexibility index (Phi) is 7.34. The SMILES string of the molecule is CCN(CCCC(=O)O)C(C)CN(C)C. The van der Waals surface area contributed by atoms with Gasteiger partial charge in [-0.15, -0.1) is 0 Å². The number of hydrogen-bond acceptors (Lipinski definition) is 3. The number of carboxylic acids is 1. The van der Waals surface area contributed by atoms with Crippen LogP contribution in [0.15, 0.2) is 0 Å². The molecule has 1 N–H and O–H groups in total. The van der Waals surface area contributed by atoms with Gasteiger partial charge in [-0.3, -0.25) is 9.69 Å². The zero-order chi connectivity index (χ0) is 11.8. The summed E-state index contributed by atoms with van der Waals surface area (Å²) in [5, 5.41) is 8.56. The Morgan fingerprint density at radius 1 is 1.40 bits per heavy atom. The minimum Gasteiger partial charge on any atom is -0.481 e. The van der Waals surface area contributed by atoms with Crippen LogP contribution in [0.2, 0.25) is 0 Å². The number of nitrogens with zero attached hydrogens (tertiary/aromatic N) is 2. The molecular formula is C11H24N2O2. The van der Waals surface area contributed by atoms with Gasteiger partial charge in [-0.25, -0.2) is 0 Å². The van der Waals surface area contributed by atoms with E-state index in [4.69, 9.17) is 5.11 Å². The van der Waals surface area contributed by atoms with Crippen LogP contribution in [0, 0.1) is 0 Å². The van der Waals surface area contributed by atoms with Gasteiger partial charge in [0.05, 0.1) is 0 Å². The van der Waals surface area contributed by atoms with E-state index in [1.807, 2.05) is 0 Å². The van der Waals surface area contributed by atoms with Gasteiger partial charge in [-0.1, -0.05) is 6.92 Å². The first kappa shape index (κ1) is 14.4. The van der Waals surface area contributed by atoms with Gasteiger partial charge in [0.1, 0.15) is 0 Å². The lowest BCUT2D eigenvalue weighted by Gasteiger charge is -2.29. The van der Waals surface area contributed by atoms with Gasteiger partial charge in [0.25, 0.3) is 0 Å². The van der Waals surface area contributed by atoms with Gasteiger partial charge in [0, 0.05) is 19.0 Å². The van der Waals surface area contributed by atoms with Crippen LogP contribution in [0.25, 0.3) is 0 Å². The summed E-state index contributed by atoms with van der Waals surface area (Å²) in [7, 11) is 4.11. The van der Waals surface area contributed by atoms with E-state index >= 15 is 0 Å². The largest absolute Gasteiger partial charge is 0.481 e. The smallest absolute Gasteiger partial charge is 0.303 e. The lowest BCUT2D eigenvalue weighted by atomic mass is 10.2. The predicted octanol–water partition coefficient (Wildman–Crippen LogP) is 1.12. The molecule has 4 nitrogen and oxygen atoms in total. The second-order valence-electron chi connectivity index (χ2n) is 4.24. The molecule has 15 heavy (non-hydrogen) atoms. The molecule has 0 fully saturated rings. The molecule has 0 amide bonds. The van der Waals surface area contributed by atoms with Crippen LogP contribution in [0.3, 0.4) is 0 Å². The molecule has 0 aromatic carbocycles. The van der Waals surface area contributed by atoms with E-state index in [1.54, 1.807) is 0 Å². The van der Waals surface area contributed by atoms with E-state index in [0.29, 0.717) is 6.04 Å². The first-order chi connectivity index (χ1) is 6.97. The maximum Gasteiger partial charge on any atom is 0.303 e. The standard InChI is InChI=1S/C11H24N2O2/c1-5-13(8-6-7-11(14)15)10(2)9-12(3)4/h10H,5-9H2,1-4H3,(H,14,15). The lowest BCUT2D eigenvalue weighted by molar-refractivity contribution is -0.137. The molecule has 0 aliphatic carbocycles. The average Bonchev–Trinajstić information content (AvgIpc) is 2.10. The van der Waals surface area contributed by atoms with E-state index in [2.05, 4.69) is 37.7 Å². The molecule has 0 heterocycles. The van der Waals surface area contributed by atoms with Crippen molar-refractivity contribution in [2.45, 2.75) is 32.7 Å². The molecule has 0 saturated heterocycles. The average molecular weight is 216 g/mol. The molecule has 0 aliphatic rings. The summed E-state index contributed by atoms with van der Waals surface area (Å²) in [4.78, 5) is 14.9. The number of hydrogen-bond donors (Lipinski definition) is 1. The molecule has 0 aromatic heterocycles. The fraction of sp³-hybridized carbons (Fsp3) is 0.909. The van der Waals surface area contributed by atoms with Crippen LogP contribution in [0.4, 0.5) is 0 Å². The first-order valence-electron chi connectivity index (χ1n) is 5.58. The summed E-state index contributed by atoms with van der Waals surface area (Å²) in [6.07, 6.45) is 1.01. The highest BCUT2D eigenvalue weighted by Gasteiger charge is 2.12. The second-order valence-corrected chi connectivity index (χ2v) is 4.24. The second kappa shape index (κ2) is 7.65. The number of carboxylic acid groups (broad SMARTS) is 1. The molecule has 90 valence electrons. The molecule has 0 rings (SSSR count). The van der Waals surface area contributed by atoms with Crippen LogP contribution < -0.4 is 0 Å². The Balaban J connectivity index is 3.84. The van der Waals surface area contributed by atoms with E-state index < -0.39 is 5.97 Å². The minimum absolute atomic E-state index is 0.269. The first-order valence-corrected chi connectivity index (χ1v) is 5.58. The molecule has 0 bridgehead atoms. The molecule has 1 atom stereocenters. The van der Waals surface area contributed by atoms with E-state index in [-0.39, 0.29) is 6.42 Å². The van der Waals surface area contributed by atoms with Crippen LogP contribution in [-0.2, 0) is 4.79 Å². The van der Waals surface area contributed by atoms with Gasteiger partial charge < -0.3 is 10.0 Å². The maximum absolute atomic E-state index is 10.4. The van der Waals surface area contributed by atoms with Gasteiger partial charge in [0.15, 0.2) is 0 Å². The van der Waals surface area contributed by atoms with Crippen molar-refractivity contribution < 1.29 is 9.90 Å². The van der Waals surface area contributed by atoms with E-state index in [1.165, 1.54) is 0 Å². The summed E-state index contributed by atoms with van der Waals surface area (Å²) in [6.45, 7) is 7.17. The number of likely N-dealkylation sites (N-methyl/N-ethyl adjacent to an activating group) is 2. The fourth-order valence-electron chi connectivity index (χ4n) is 1.77. The minimum atomic E-state index is -0.702. The van der Waals surface area contributed by atoms with Crippen molar-refractivity contribution in [2.75, 3.05) is 33.7 Å². The Morgan fingerprint density at radius 2 is 2.00 bits per heavy atom. The predicted molar refractivity (Wildman–Crippen MR) is 62.1 cm³/mol. The highest BCUT2D eigenvalue weighted by molar-refractivity contribution is 5.66. The Hall–Kier alpha value is -0.610. The summed E-state index contributed by atoms with van der Waals surface area (Å²) in [5.74, 6) is -0.702. The maximum atomic E-state index is 10.4. The third-order valence-corrected chi connectivity index (χ3v) is 2.49. The molecular weight excluding hydrogens is 192 g/mol. The Bertz CT molecular complexity index is 183. The van der Waals surface area contributed by atoms with Crippen LogP contribution in [0.1, 0.15) is 26.7 Å². The summed E-state index contributed by atoms with van der Waals surface area (Å²) in [5.41, 5.74) is 0. The normalized spacial score (nSPS) is 13.5. The molecule has 0 aliphatic heterocycles. The van der Waals surface area contributed by atoms with Crippen molar-refractivity contribution in [2.24, 2.45) is 0 Å². The van der Waals surface area contributed by atoms with Crippen molar-refractivity contribution in [1.29, 1.82) is 0 Å². The summed E-state index contributed by atoms with van der Waals surface area (Å²) in [6, 6.07) is 0.485. The van der Waals surface area contributed by atoms with Crippen molar-refractivity contribution in [3.8, 4) is 0 Å². The Labute approximate surface area is 92.9 Å². The molecule has 0 saturated carbocycles. The number of rotatable bonds is 8. The van der Waals surface area contributed by atoms with Gasteiger partial charge in [-0.2, -0.15) is 0 Å². The highest BCUT2D eigenvalue weighted by atomic mass is 16.4. The summed E-state index contributed by atoms with van der Waals surface area (Å²) < 4.78 is 0. The Morgan fingerprint density at radius 3 is 2.40 bits per heavy atom. The third-order valence-electron chi connectivity index (χ3n) is 2.49. The topological polar surface area (TPSA) is 43.8 Å². The molecule has 1 unspecified atom stereocenters. The number of carbonyl (C=O) groups is 1. The van der Waals surface area contributed by atoms with Gasteiger partial charge in [0.2, 0.25) is 0 Å². The molecule has 0 aromatic rings. The van der Waals surface area contributed by atoms with Gasteiger partial charge >= 0.3 is 5.97 Å². The van der Waals surface area contributed by atoms with E-state index in [9.17, 15) is 4.79 Å². The monoisotopic (exact) mass is 216 g/mol. The lowest BCUT2D eigenvalue weighted by Crippen LogP contribution is -2.40. The van der Waals surface area contributed by atoms with Crippen molar-refractivity contribution in [1.82, 2.24) is 9.80 Å². The zero-order valence-electron chi connectivity index (χ0n) is 10.4. The molecule has 0 radical (unpaired) electrons. The van der Waals surface area contributed by atoms with Crippen molar-refractivity contribution in [3.05, 3.63) is 0 Å². The van der Waals surface area contributed by atoms with Crippen molar-refractivity contribution in [3.63, 3.8) is 0 Å². The molecule has 4 heteroatoms. The third kappa shape index (κ3) is 7.33. The number of aliphatic carboxylic acids is 1. The van der Waals surface area contributed by atoms with E-state index in [0.717, 1.165) is 26.1 Å². The van der Waals surface area contributed by atoms with Crippen LogP contribution >= 0.6 is 0 Å². The van der Waals surface area contributed by atoms with Gasteiger partial charge in [-0.05, 0) is 40.5 Å². The van der Waals surface area contributed by atoms with Crippen LogP contribution in [-0.4, -0.2) is 60.6 Å². The quantitative estimate of drug-likeness (QED) is 0.660. The zero-order valence-corrected chi connectivity index (χ0v) is 10.4. The highest BCUT2D eigenvalue weighted by Crippen LogP contribution is 2.03. The molecule has 0 spiro atoms. The fourth-order valence-corrected chi connectivity index (χ4v) is 1.77. The van der Waals surface area contributed by atoms with Crippen molar-refractivity contribution >= 4 is 5.97 Å².